The van der Waals surface area contributed by atoms with Crippen LogP contribution in [-0.2, 0) is 4.79 Å². The summed E-state index contributed by atoms with van der Waals surface area (Å²) in [5, 5.41) is 15.2. The summed E-state index contributed by atoms with van der Waals surface area (Å²) < 4.78 is 13.0. The van der Waals surface area contributed by atoms with Crippen LogP contribution in [-0.4, -0.2) is 51.0 Å². The van der Waals surface area contributed by atoms with E-state index in [-0.39, 0.29) is 17.6 Å². The summed E-state index contributed by atoms with van der Waals surface area (Å²) in [6.45, 7) is 4.36. The van der Waals surface area contributed by atoms with Gasteiger partial charge in [-0.25, -0.2) is 0 Å². The Kier molecular flexibility index (Phi) is 9.33. The number of ether oxygens (including phenoxy) is 2. The van der Waals surface area contributed by atoms with E-state index >= 15 is 0 Å². The molecule has 43 heavy (non-hydrogen) atoms. The summed E-state index contributed by atoms with van der Waals surface area (Å²) in [5.74, 6) is 1.38. The lowest BCUT2D eigenvalue weighted by molar-refractivity contribution is -0.113. The van der Waals surface area contributed by atoms with Crippen molar-refractivity contribution in [2.24, 2.45) is 0 Å². The van der Waals surface area contributed by atoms with E-state index in [1.54, 1.807) is 48.8 Å². The first-order chi connectivity index (χ1) is 21.0. The molecule has 218 valence electrons. The molecule has 2 N–H and O–H groups in total. The van der Waals surface area contributed by atoms with Gasteiger partial charge in [0.2, 0.25) is 5.91 Å². The number of anilines is 2. The van der Waals surface area contributed by atoms with Crippen molar-refractivity contribution >= 4 is 35.0 Å². The van der Waals surface area contributed by atoms with Crippen LogP contribution in [0.25, 0.3) is 17.1 Å². The molecule has 0 bridgehead atoms. The zero-order chi connectivity index (χ0) is 30.2. The second-order valence-corrected chi connectivity index (χ2v) is 10.3. The van der Waals surface area contributed by atoms with Crippen LogP contribution in [0.5, 0.6) is 11.5 Å². The van der Waals surface area contributed by atoms with Crippen LogP contribution in [0.4, 0.5) is 11.4 Å². The predicted octanol–water partition coefficient (Wildman–Crippen LogP) is 6.03. The maximum atomic E-state index is 13.1. The SMILES string of the molecule is CCOc1ccc(-n2c(SCC(=O)Nc3cc(C)c(NC(=O)c4ccccc4)cc3OC)nnc2-c2ccncc2)cc1. The zero-order valence-electron chi connectivity index (χ0n) is 23.9. The monoisotopic (exact) mass is 594 g/mol. The van der Waals surface area contributed by atoms with Crippen molar-refractivity contribution in [2.45, 2.75) is 19.0 Å². The number of aryl methyl sites for hydroxylation is 1. The molecule has 0 saturated carbocycles. The molecule has 11 heteroatoms. The molecule has 0 radical (unpaired) electrons. The van der Waals surface area contributed by atoms with Crippen LogP contribution >= 0.6 is 11.8 Å². The Labute approximate surface area is 253 Å². The third-order valence-electron chi connectivity index (χ3n) is 6.41. The van der Waals surface area contributed by atoms with Crippen molar-refractivity contribution in [3.63, 3.8) is 0 Å². The highest BCUT2D eigenvalue weighted by molar-refractivity contribution is 7.99. The first kappa shape index (κ1) is 29.3. The van der Waals surface area contributed by atoms with Crippen LogP contribution in [0.1, 0.15) is 22.8 Å². The number of nitrogens with zero attached hydrogens (tertiary/aromatic N) is 4. The molecule has 0 aliphatic carbocycles. The molecule has 0 unspecified atom stereocenters. The minimum atomic E-state index is -0.254. The average Bonchev–Trinajstić information content (AvgIpc) is 3.46. The van der Waals surface area contributed by atoms with E-state index in [1.165, 1.54) is 18.9 Å². The van der Waals surface area contributed by atoms with Crippen LogP contribution in [0, 0.1) is 6.92 Å². The van der Waals surface area contributed by atoms with Crippen LogP contribution in [0.3, 0.4) is 0 Å². The number of hydrogen-bond donors (Lipinski definition) is 2. The number of aromatic nitrogens is 4. The number of methoxy groups -OCH3 is 1. The molecule has 0 saturated heterocycles. The molecule has 5 rings (SSSR count). The van der Waals surface area contributed by atoms with Crippen molar-refractivity contribution in [3.8, 4) is 28.6 Å². The molecular formula is C32H30N6O4S. The number of rotatable bonds is 11. The maximum Gasteiger partial charge on any atom is 0.255 e. The topological polar surface area (TPSA) is 120 Å². The van der Waals surface area contributed by atoms with E-state index in [9.17, 15) is 9.59 Å². The van der Waals surface area contributed by atoms with E-state index in [2.05, 4.69) is 25.8 Å². The van der Waals surface area contributed by atoms with Gasteiger partial charge in [-0.15, -0.1) is 10.2 Å². The third kappa shape index (κ3) is 7.02. The van der Waals surface area contributed by atoms with Gasteiger partial charge in [0.15, 0.2) is 11.0 Å². The molecule has 3 aromatic carbocycles. The number of benzene rings is 3. The minimum absolute atomic E-state index is 0.0696. The third-order valence-corrected chi connectivity index (χ3v) is 7.34. The molecule has 0 fully saturated rings. The number of nitrogens with one attached hydrogen (secondary N) is 2. The minimum Gasteiger partial charge on any atom is -0.494 e. The van der Waals surface area contributed by atoms with Gasteiger partial charge in [0.05, 0.1) is 25.2 Å². The normalized spacial score (nSPS) is 10.7. The van der Waals surface area contributed by atoms with E-state index in [1.807, 2.05) is 60.9 Å². The summed E-state index contributed by atoms with van der Waals surface area (Å²) in [6, 6.07) is 23.7. The highest BCUT2D eigenvalue weighted by atomic mass is 32.2. The predicted molar refractivity (Wildman–Crippen MR) is 167 cm³/mol. The second-order valence-electron chi connectivity index (χ2n) is 9.33. The fourth-order valence-corrected chi connectivity index (χ4v) is 5.08. The fraction of sp³-hybridized carbons (Fsp3) is 0.156. The summed E-state index contributed by atoms with van der Waals surface area (Å²) in [4.78, 5) is 29.9. The van der Waals surface area contributed by atoms with Crippen LogP contribution in [0.15, 0.2) is 96.4 Å². The number of thioether (sulfide) groups is 1. The molecule has 2 aromatic heterocycles. The zero-order valence-corrected chi connectivity index (χ0v) is 24.7. The Bertz CT molecular complexity index is 1710. The molecule has 10 nitrogen and oxygen atoms in total. The standard InChI is InChI=1S/C32H30N6O4S/c1-4-42-25-12-10-24(11-13-25)38-30(22-14-16-33-17-15-22)36-37-32(38)43-20-29(39)34-27-18-21(2)26(19-28(27)41-3)35-31(40)23-8-6-5-7-9-23/h5-19H,4,20H2,1-3H3,(H,34,39)(H,35,40). The Morgan fingerprint density at radius 1 is 0.907 bits per heavy atom. The number of hydrogen-bond acceptors (Lipinski definition) is 8. The smallest absolute Gasteiger partial charge is 0.255 e. The molecule has 2 amide bonds. The fourth-order valence-electron chi connectivity index (χ4n) is 4.33. The number of amides is 2. The molecular weight excluding hydrogens is 564 g/mol. The molecule has 0 aliphatic rings. The number of carbonyl (C=O) groups is 2. The van der Waals surface area contributed by atoms with Crippen LogP contribution < -0.4 is 20.1 Å². The lowest BCUT2D eigenvalue weighted by Gasteiger charge is -2.15. The van der Waals surface area contributed by atoms with Gasteiger partial charge >= 0.3 is 0 Å². The quantitative estimate of drug-likeness (QED) is 0.178. The molecule has 5 aromatic rings. The van der Waals surface area contributed by atoms with Crippen molar-refractivity contribution in [1.82, 2.24) is 19.7 Å². The number of carbonyl (C=O) groups excluding carboxylic acids is 2. The Morgan fingerprint density at radius 2 is 1.65 bits per heavy atom. The van der Waals surface area contributed by atoms with Gasteiger partial charge in [-0.2, -0.15) is 0 Å². The van der Waals surface area contributed by atoms with Crippen molar-refractivity contribution in [2.75, 3.05) is 30.1 Å². The van der Waals surface area contributed by atoms with E-state index in [0.717, 1.165) is 22.6 Å². The molecule has 0 spiro atoms. The van der Waals surface area contributed by atoms with Gasteiger partial charge < -0.3 is 20.1 Å². The lowest BCUT2D eigenvalue weighted by atomic mass is 10.1. The summed E-state index contributed by atoms with van der Waals surface area (Å²) in [6.07, 6.45) is 3.39. The Morgan fingerprint density at radius 3 is 2.35 bits per heavy atom. The maximum absolute atomic E-state index is 13.1. The van der Waals surface area contributed by atoms with E-state index in [4.69, 9.17) is 9.47 Å². The second kappa shape index (κ2) is 13.7. The summed E-state index contributed by atoms with van der Waals surface area (Å²) in [7, 11) is 1.51. The van der Waals surface area contributed by atoms with Gasteiger partial charge in [0, 0.05) is 41.0 Å². The van der Waals surface area contributed by atoms with E-state index < -0.39 is 0 Å². The van der Waals surface area contributed by atoms with E-state index in [0.29, 0.717) is 40.3 Å². The lowest BCUT2D eigenvalue weighted by Crippen LogP contribution is -2.16. The molecule has 0 atom stereocenters. The van der Waals surface area contributed by atoms with Crippen molar-refractivity contribution in [1.29, 1.82) is 0 Å². The Hall–Kier alpha value is -5.16. The highest BCUT2D eigenvalue weighted by Gasteiger charge is 2.19. The van der Waals surface area contributed by atoms with Crippen LogP contribution in [0.2, 0.25) is 0 Å². The number of pyridine rings is 1. The first-order valence-electron chi connectivity index (χ1n) is 13.5. The average molecular weight is 595 g/mol. The van der Waals surface area contributed by atoms with Gasteiger partial charge in [0.1, 0.15) is 11.5 Å². The molecule has 0 aliphatic heterocycles. The first-order valence-corrected chi connectivity index (χ1v) is 14.5. The van der Waals surface area contributed by atoms with Crippen molar-refractivity contribution in [3.05, 3.63) is 102 Å². The summed E-state index contributed by atoms with van der Waals surface area (Å²) >= 11 is 1.26. The largest absolute Gasteiger partial charge is 0.494 e. The van der Waals surface area contributed by atoms with Gasteiger partial charge in [-0.1, -0.05) is 30.0 Å². The highest BCUT2D eigenvalue weighted by Crippen LogP contribution is 2.33. The van der Waals surface area contributed by atoms with Gasteiger partial charge in [0.25, 0.3) is 5.91 Å². The van der Waals surface area contributed by atoms with Gasteiger partial charge in [-0.3, -0.25) is 19.1 Å². The molecule has 2 heterocycles. The van der Waals surface area contributed by atoms with Gasteiger partial charge in [-0.05, 0) is 74.0 Å². The Balaban J connectivity index is 1.33. The summed E-state index contributed by atoms with van der Waals surface area (Å²) in [5.41, 5.74) is 4.06. The van der Waals surface area contributed by atoms with Crippen molar-refractivity contribution < 1.29 is 19.1 Å².